The molecule has 0 aliphatic carbocycles. The quantitative estimate of drug-likeness (QED) is 0.897. The first-order chi connectivity index (χ1) is 7.84. The highest BCUT2D eigenvalue weighted by molar-refractivity contribution is 9.10. The fourth-order valence-corrected chi connectivity index (χ4v) is 1.94. The molecule has 0 bridgehead atoms. The number of hydrogen-bond donors (Lipinski definition) is 2. The molecule has 4 heteroatoms. The number of nitrogens with one attached hydrogen (secondary N) is 1. The standard InChI is InChI=1S/C13H19BrN2O/c1-9-6-10(14)4-5-11(9)16-12(17)7-13(2,3)8-15/h4-6H,7-8,15H2,1-3H3,(H,16,17). The van der Waals surface area contributed by atoms with Crippen LogP contribution in [0, 0.1) is 12.3 Å². The van der Waals surface area contributed by atoms with Crippen molar-refractivity contribution in [3.8, 4) is 0 Å². The zero-order valence-corrected chi connectivity index (χ0v) is 12.1. The number of carbonyl (C=O) groups is 1. The summed E-state index contributed by atoms with van der Waals surface area (Å²) in [6.07, 6.45) is 0.430. The van der Waals surface area contributed by atoms with Crippen molar-refractivity contribution in [3.05, 3.63) is 28.2 Å². The number of amides is 1. The lowest BCUT2D eigenvalue weighted by atomic mass is 9.89. The Labute approximate surface area is 111 Å². The zero-order chi connectivity index (χ0) is 13.1. The molecule has 0 unspecified atom stereocenters. The van der Waals surface area contributed by atoms with Crippen LogP contribution in [0.15, 0.2) is 22.7 Å². The van der Waals surface area contributed by atoms with E-state index in [1.165, 1.54) is 0 Å². The normalized spacial score (nSPS) is 11.4. The van der Waals surface area contributed by atoms with Gasteiger partial charge in [-0.25, -0.2) is 0 Å². The lowest BCUT2D eigenvalue weighted by molar-refractivity contribution is -0.117. The van der Waals surface area contributed by atoms with Gasteiger partial charge in [-0.1, -0.05) is 29.8 Å². The third-order valence-corrected chi connectivity index (χ3v) is 3.15. The summed E-state index contributed by atoms with van der Waals surface area (Å²) in [6.45, 7) is 6.44. The average Bonchev–Trinajstić information content (AvgIpc) is 2.21. The van der Waals surface area contributed by atoms with Gasteiger partial charge in [0, 0.05) is 16.6 Å². The van der Waals surface area contributed by atoms with Gasteiger partial charge in [0.1, 0.15) is 0 Å². The van der Waals surface area contributed by atoms with Crippen molar-refractivity contribution in [1.82, 2.24) is 0 Å². The third kappa shape index (κ3) is 4.48. The Hall–Kier alpha value is -0.870. The van der Waals surface area contributed by atoms with Crippen LogP contribution in [0.1, 0.15) is 25.8 Å². The van der Waals surface area contributed by atoms with Crippen molar-refractivity contribution >= 4 is 27.5 Å². The number of rotatable bonds is 4. The number of hydrogen-bond acceptors (Lipinski definition) is 2. The van der Waals surface area contributed by atoms with E-state index in [4.69, 9.17) is 5.73 Å². The lowest BCUT2D eigenvalue weighted by Crippen LogP contribution is -2.29. The maximum Gasteiger partial charge on any atom is 0.224 e. The highest BCUT2D eigenvalue weighted by atomic mass is 79.9. The summed E-state index contributed by atoms with van der Waals surface area (Å²) in [5, 5.41) is 2.91. The number of anilines is 1. The molecule has 1 aromatic rings. The molecule has 1 rings (SSSR count). The molecular formula is C13H19BrN2O. The van der Waals surface area contributed by atoms with Gasteiger partial charge in [-0.05, 0) is 42.6 Å². The molecule has 3 N–H and O–H groups in total. The average molecular weight is 299 g/mol. The molecule has 0 fully saturated rings. The number of halogens is 1. The van der Waals surface area contributed by atoms with Crippen molar-refractivity contribution in [2.24, 2.45) is 11.1 Å². The van der Waals surface area contributed by atoms with Crippen LogP contribution < -0.4 is 11.1 Å². The molecule has 1 aromatic carbocycles. The van der Waals surface area contributed by atoms with E-state index in [2.05, 4.69) is 21.2 Å². The number of carbonyl (C=O) groups excluding carboxylic acids is 1. The van der Waals surface area contributed by atoms with E-state index >= 15 is 0 Å². The second-order valence-electron chi connectivity index (χ2n) is 5.05. The first kappa shape index (κ1) is 14.2. The van der Waals surface area contributed by atoms with Crippen LogP contribution in [0.4, 0.5) is 5.69 Å². The van der Waals surface area contributed by atoms with Gasteiger partial charge in [-0.2, -0.15) is 0 Å². The Kier molecular flexibility index (Phi) is 4.71. The highest BCUT2D eigenvalue weighted by Gasteiger charge is 2.20. The van der Waals surface area contributed by atoms with Gasteiger partial charge in [-0.3, -0.25) is 4.79 Å². The van der Waals surface area contributed by atoms with Crippen LogP contribution in [0.25, 0.3) is 0 Å². The van der Waals surface area contributed by atoms with Crippen LogP contribution in [0.3, 0.4) is 0 Å². The first-order valence-corrected chi connectivity index (χ1v) is 6.39. The molecular weight excluding hydrogens is 280 g/mol. The van der Waals surface area contributed by atoms with Crippen LogP contribution in [-0.4, -0.2) is 12.5 Å². The SMILES string of the molecule is Cc1cc(Br)ccc1NC(=O)CC(C)(C)CN. The molecule has 0 saturated carbocycles. The van der Waals surface area contributed by atoms with Crippen molar-refractivity contribution in [2.75, 3.05) is 11.9 Å². The van der Waals surface area contributed by atoms with Gasteiger partial charge >= 0.3 is 0 Å². The minimum Gasteiger partial charge on any atom is -0.330 e. The highest BCUT2D eigenvalue weighted by Crippen LogP contribution is 2.22. The molecule has 0 atom stereocenters. The van der Waals surface area contributed by atoms with Crippen LogP contribution in [-0.2, 0) is 4.79 Å². The maximum absolute atomic E-state index is 11.8. The fourth-order valence-electron chi connectivity index (χ4n) is 1.47. The van der Waals surface area contributed by atoms with Crippen LogP contribution >= 0.6 is 15.9 Å². The number of aryl methyl sites for hydroxylation is 1. The summed E-state index contributed by atoms with van der Waals surface area (Å²) in [5.41, 5.74) is 7.35. The molecule has 0 aliphatic rings. The monoisotopic (exact) mass is 298 g/mol. The lowest BCUT2D eigenvalue weighted by Gasteiger charge is -2.21. The van der Waals surface area contributed by atoms with Gasteiger partial charge in [0.05, 0.1) is 0 Å². The summed E-state index contributed by atoms with van der Waals surface area (Å²) in [5.74, 6) is 0.00544. The predicted octanol–water partition coefficient (Wildman–Crippen LogP) is 3.07. The van der Waals surface area contributed by atoms with Gasteiger partial charge in [-0.15, -0.1) is 0 Å². The molecule has 0 radical (unpaired) electrons. The van der Waals surface area contributed by atoms with E-state index in [1.54, 1.807) is 0 Å². The largest absolute Gasteiger partial charge is 0.330 e. The van der Waals surface area contributed by atoms with Crippen molar-refractivity contribution in [3.63, 3.8) is 0 Å². The third-order valence-electron chi connectivity index (χ3n) is 2.65. The van der Waals surface area contributed by atoms with Crippen molar-refractivity contribution < 1.29 is 4.79 Å². The van der Waals surface area contributed by atoms with Crippen LogP contribution in [0.5, 0.6) is 0 Å². The second-order valence-corrected chi connectivity index (χ2v) is 5.97. The number of benzene rings is 1. The molecule has 0 spiro atoms. The summed E-state index contributed by atoms with van der Waals surface area (Å²) < 4.78 is 1.01. The Bertz CT molecular complexity index is 416. The zero-order valence-electron chi connectivity index (χ0n) is 10.5. The minimum atomic E-state index is -0.159. The first-order valence-electron chi connectivity index (χ1n) is 5.60. The van der Waals surface area contributed by atoms with E-state index in [-0.39, 0.29) is 11.3 Å². The van der Waals surface area contributed by atoms with E-state index in [1.807, 2.05) is 39.0 Å². The Balaban J connectivity index is 2.69. The minimum absolute atomic E-state index is 0.00544. The Morgan fingerprint density at radius 2 is 2.12 bits per heavy atom. The predicted molar refractivity (Wildman–Crippen MR) is 75.0 cm³/mol. The topological polar surface area (TPSA) is 55.1 Å². The fraction of sp³-hybridized carbons (Fsp3) is 0.462. The van der Waals surface area contributed by atoms with Crippen LogP contribution in [0.2, 0.25) is 0 Å². The van der Waals surface area contributed by atoms with E-state index in [0.29, 0.717) is 13.0 Å². The van der Waals surface area contributed by atoms with Gasteiger partial charge in [0.15, 0.2) is 0 Å². The molecule has 0 aliphatic heterocycles. The molecule has 94 valence electrons. The van der Waals surface area contributed by atoms with Gasteiger partial charge < -0.3 is 11.1 Å². The molecule has 17 heavy (non-hydrogen) atoms. The molecule has 3 nitrogen and oxygen atoms in total. The van der Waals surface area contributed by atoms with Gasteiger partial charge in [0.2, 0.25) is 5.91 Å². The van der Waals surface area contributed by atoms with E-state index in [0.717, 1.165) is 15.7 Å². The summed E-state index contributed by atoms with van der Waals surface area (Å²) >= 11 is 3.39. The Morgan fingerprint density at radius 1 is 1.47 bits per heavy atom. The Morgan fingerprint density at radius 3 is 2.65 bits per heavy atom. The second kappa shape index (κ2) is 5.65. The van der Waals surface area contributed by atoms with Gasteiger partial charge in [0.25, 0.3) is 0 Å². The van der Waals surface area contributed by atoms with E-state index < -0.39 is 0 Å². The molecule has 0 aromatic heterocycles. The number of nitrogens with two attached hydrogens (primary N) is 1. The van der Waals surface area contributed by atoms with Crippen molar-refractivity contribution in [2.45, 2.75) is 27.2 Å². The summed E-state index contributed by atoms with van der Waals surface area (Å²) in [4.78, 5) is 11.8. The van der Waals surface area contributed by atoms with Crippen molar-refractivity contribution in [1.29, 1.82) is 0 Å². The summed E-state index contributed by atoms with van der Waals surface area (Å²) in [7, 11) is 0. The summed E-state index contributed by atoms with van der Waals surface area (Å²) in [6, 6.07) is 5.78. The molecule has 1 amide bonds. The smallest absolute Gasteiger partial charge is 0.224 e. The molecule has 0 saturated heterocycles. The molecule has 0 heterocycles. The maximum atomic E-state index is 11.8. The van der Waals surface area contributed by atoms with E-state index in [9.17, 15) is 4.79 Å².